The van der Waals surface area contributed by atoms with Gasteiger partial charge in [0.05, 0.1) is 24.8 Å². The number of para-hydroxylation sites is 2. The van der Waals surface area contributed by atoms with Crippen LogP contribution in [0.4, 0.5) is 5.95 Å². The van der Waals surface area contributed by atoms with Crippen molar-refractivity contribution in [2.75, 3.05) is 19.0 Å². The van der Waals surface area contributed by atoms with Crippen molar-refractivity contribution in [2.24, 2.45) is 0 Å². The van der Waals surface area contributed by atoms with Gasteiger partial charge in [-0.2, -0.15) is 0 Å². The molecule has 1 aromatic heterocycles. The minimum Gasteiger partial charge on any atom is -0.493 e. The van der Waals surface area contributed by atoms with Gasteiger partial charge < -0.3 is 14.0 Å². The van der Waals surface area contributed by atoms with Gasteiger partial charge in [-0.3, -0.25) is 10.1 Å². The maximum atomic E-state index is 12.7. The predicted octanol–water partition coefficient (Wildman–Crippen LogP) is 3.72. The number of aromatic nitrogens is 2. The fourth-order valence-corrected chi connectivity index (χ4v) is 2.75. The van der Waals surface area contributed by atoms with Crippen molar-refractivity contribution in [1.29, 1.82) is 0 Å². The number of nitrogens with one attached hydrogen (secondary N) is 1. The molecule has 0 aliphatic rings. The number of nitrogens with zero attached hydrogens (tertiary/aromatic N) is 2. The van der Waals surface area contributed by atoms with Gasteiger partial charge in [-0.1, -0.05) is 12.1 Å². The van der Waals surface area contributed by atoms with E-state index in [1.807, 2.05) is 42.7 Å². The van der Waals surface area contributed by atoms with Gasteiger partial charge in [0, 0.05) is 12.1 Å². The number of amides is 1. The summed E-state index contributed by atoms with van der Waals surface area (Å²) in [4.78, 5) is 17.2. The fourth-order valence-electron chi connectivity index (χ4n) is 2.75. The van der Waals surface area contributed by atoms with Crippen LogP contribution in [0.15, 0.2) is 42.5 Å². The summed E-state index contributed by atoms with van der Waals surface area (Å²) in [5.74, 6) is 1.43. The second-order valence-corrected chi connectivity index (χ2v) is 5.42. The highest BCUT2D eigenvalue weighted by Crippen LogP contribution is 2.28. The van der Waals surface area contributed by atoms with E-state index < -0.39 is 0 Å². The van der Waals surface area contributed by atoms with E-state index in [1.165, 1.54) is 0 Å². The van der Waals surface area contributed by atoms with E-state index in [1.54, 1.807) is 25.3 Å². The Bertz CT molecular complexity index is 902. The maximum absolute atomic E-state index is 12.7. The molecule has 130 valence electrons. The molecule has 0 atom stereocenters. The Morgan fingerprint density at radius 3 is 2.68 bits per heavy atom. The van der Waals surface area contributed by atoms with Crippen molar-refractivity contribution in [1.82, 2.24) is 9.55 Å². The molecular weight excluding hydrogens is 318 g/mol. The highest BCUT2D eigenvalue weighted by molar-refractivity contribution is 6.04. The number of carbonyl (C=O) groups excluding carboxylic acids is 1. The number of ether oxygens (including phenoxy) is 2. The van der Waals surface area contributed by atoms with E-state index in [9.17, 15) is 4.79 Å². The standard InChI is InChI=1S/C19H21N3O3/c1-4-22-15-9-7-6-8-14(15)20-19(22)21-18(23)13-10-11-16(24-3)17(12-13)25-5-2/h6-12H,4-5H2,1-3H3,(H,20,21,23). The fraction of sp³-hybridized carbons (Fsp3) is 0.263. The topological polar surface area (TPSA) is 65.4 Å². The molecule has 3 rings (SSSR count). The van der Waals surface area contributed by atoms with Crippen LogP contribution >= 0.6 is 0 Å². The summed E-state index contributed by atoms with van der Waals surface area (Å²) >= 11 is 0. The monoisotopic (exact) mass is 339 g/mol. The molecule has 6 nitrogen and oxygen atoms in total. The molecule has 0 unspecified atom stereocenters. The second kappa shape index (κ2) is 7.25. The maximum Gasteiger partial charge on any atom is 0.258 e. The summed E-state index contributed by atoms with van der Waals surface area (Å²) in [6, 6.07) is 12.9. The zero-order valence-electron chi connectivity index (χ0n) is 14.6. The minimum absolute atomic E-state index is 0.242. The van der Waals surface area contributed by atoms with Crippen molar-refractivity contribution >= 4 is 22.9 Å². The smallest absolute Gasteiger partial charge is 0.258 e. The van der Waals surface area contributed by atoms with Crippen LogP contribution in [-0.4, -0.2) is 29.2 Å². The van der Waals surface area contributed by atoms with E-state index >= 15 is 0 Å². The number of rotatable bonds is 6. The summed E-state index contributed by atoms with van der Waals surface area (Å²) in [5, 5.41) is 2.89. The summed E-state index contributed by atoms with van der Waals surface area (Å²) in [6.45, 7) is 5.11. The van der Waals surface area contributed by atoms with Gasteiger partial charge >= 0.3 is 0 Å². The Morgan fingerprint density at radius 1 is 1.16 bits per heavy atom. The quantitative estimate of drug-likeness (QED) is 0.743. The summed E-state index contributed by atoms with van der Waals surface area (Å²) < 4.78 is 12.8. The largest absolute Gasteiger partial charge is 0.493 e. The van der Waals surface area contributed by atoms with E-state index in [0.29, 0.717) is 36.2 Å². The van der Waals surface area contributed by atoms with Crippen LogP contribution in [0.25, 0.3) is 11.0 Å². The molecule has 0 spiro atoms. The Kier molecular flexibility index (Phi) is 4.88. The molecule has 3 aromatic rings. The molecule has 1 amide bonds. The van der Waals surface area contributed by atoms with Crippen LogP contribution in [0.1, 0.15) is 24.2 Å². The molecule has 1 heterocycles. The van der Waals surface area contributed by atoms with E-state index in [0.717, 1.165) is 11.0 Å². The normalized spacial score (nSPS) is 10.7. The average molecular weight is 339 g/mol. The van der Waals surface area contributed by atoms with Crippen LogP contribution < -0.4 is 14.8 Å². The van der Waals surface area contributed by atoms with E-state index in [4.69, 9.17) is 9.47 Å². The highest BCUT2D eigenvalue weighted by Gasteiger charge is 2.15. The molecular formula is C19H21N3O3. The number of hydrogen-bond acceptors (Lipinski definition) is 4. The second-order valence-electron chi connectivity index (χ2n) is 5.42. The third-order valence-electron chi connectivity index (χ3n) is 3.92. The molecule has 0 radical (unpaired) electrons. The first-order chi connectivity index (χ1) is 12.2. The molecule has 2 aromatic carbocycles. The van der Waals surface area contributed by atoms with Crippen LogP contribution in [0.3, 0.4) is 0 Å². The Hall–Kier alpha value is -3.02. The molecule has 0 aliphatic carbocycles. The van der Waals surface area contributed by atoms with Gasteiger partial charge in [0.2, 0.25) is 5.95 Å². The lowest BCUT2D eigenvalue weighted by Crippen LogP contribution is -2.16. The molecule has 1 N–H and O–H groups in total. The lowest BCUT2D eigenvalue weighted by atomic mass is 10.2. The summed E-state index contributed by atoms with van der Waals surface area (Å²) in [6.07, 6.45) is 0. The minimum atomic E-state index is -0.242. The molecule has 0 bridgehead atoms. The Balaban J connectivity index is 1.91. The third-order valence-corrected chi connectivity index (χ3v) is 3.92. The zero-order valence-corrected chi connectivity index (χ0v) is 14.6. The zero-order chi connectivity index (χ0) is 17.8. The Morgan fingerprint density at radius 2 is 1.96 bits per heavy atom. The van der Waals surface area contributed by atoms with Crippen LogP contribution in [0, 0.1) is 0 Å². The number of methoxy groups -OCH3 is 1. The van der Waals surface area contributed by atoms with Crippen LogP contribution in [-0.2, 0) is 6.54 Å². The SMILES string of the molecule is CCOc1cc(C(=O)Nc2nc3ccccc3n2CC)ccc1OC. The van der Waals surface area contributed by atoms with Crippen LogP contribution in [0.2, 0.25) is 0 Å². The number of hydrogen-bond donors (Lipinski definition) is 1. The Labute approximate surface area is 146 Å². The van der Waals surface area contributed by atoms with Gasteiger partial charge in [-0.05, 0) is 44.2 Å². The van der Waals surface area contributed by atoms with E-state index in [-0.39, 0.29) is 5.91 Å². The number of carbonyl (C=O) groups is 1. The number of imidazole rings is 1. The average Bonchev–Trinajstić information content (AvgIpc) is 2.98. The van der Waals surface area contributed by atoms with Crippen molar-refractivity contribution in [2.45, 2.75) is 20.4 Å². The van der Waals surface area contributed by atoms with Crippen molar-refractivity contribution < 1.29 is 14.3 Å². The lowest BCUT2D eigenvalue weighted by molar-refractivity contribution is 0.102. The van der Waals surface area contributed by atoms with Gasteiger partial charge in [0.1, 0.15) is 0 Å². The first-order valence-corrected chi connectivity index (χ1v) is 8.25. The number of aryl methyl sites for hydroxylation is 1. The molecule has 25 heavy (non-hydrogen) atoms. The van der Waals surface area contributed by atoms with Gasteiger partial charge in [-0.25, -0.2) is 4.98 Å². The number of fused-ring (bicyclic) bond motifs is 1. The van der Waals surface area contributed by atoms with Crippen LogP contribution in [0.5, 0.6) is 11.5 Å². The highest BCUT2D eigenvalue weighted by atomic mass is 16.5. The third kappa shape index (κ3) is 3.28. The predicted molar refractivity (Wildman–Crippen MR) is 97.5 cm³/mol. The van der Waals surface area contributed by atoms with Gasteiger partial charge in [-0.15, -0.1) is 0 Å². The first-order valence-electron chi connectivity index (χ1n) is 8.25. The molecule has 0 fully saturated rings. The molecule has 0 saturated carbocycles. The number of anilines is 1. The van der Waals surface area contributed by atoms with Gasteiger partial charge in [0.15, 0.2) is 11.5 Å². The lowest BCUT2D eigenvalue weighted by Gasteiger charge is -2.11. The molecule has 6 heteroatoms. The summed E-state index contributed by atoms with van der Waals surface area (Å²) in [7, 11) is 1.57. The number of benzene rings is 2. The van der Waals surface area contributed by atoms with Gasteiger partial charge in [0.25, 0.3) is 5.91 Å². The van der Waals surface area contributed by atoms with Crippen molar-refractivity contribution in [3.63, 3.8) is 0 Å². The molecule has 0 aliphatic heterocycles. The molecule has 0 saturated heterocycles. The summed E-state index contributed by atoms with van der Waals surface area (Å²) in [5.41, 5.74) is 2.33. The van der Waals surface area contributed by atoms with Crippen molar-refractivity contribution in [3.8, 4) is 11.5 Å². The first kappa shape index (κ1) is 16.8. The van der Waals surface area contributed by atoms with Crippen molar-refractivity contribution in [3.05, 3.63) is 48.0 Å². The van der Waals surface area contributed by atoms with E-state index in [2.05, 4.69) is 10.3 Å².